The minimum absolute atomic E-state index is 0.0762. The van der Waals surface area contributed by atoms with Crippen molar-refractivity contribution in [3.05, 3.63) is 58.7 Å². The van der Waals surface area contributed by atoms with Crippen molar-refractivity contribution in [1.82, 2.24) is 4.90 Å². The van der Waals surface area contributed by atoms with E-state index in [0.29, 0.717) is 16.7 Å². The molecule has 1 aliphatic heterocycles. The fourth-order valence-corrected chi connectivity index (χ4v) is 4.83. The van der Waals surface area contributed by atoms with Crippen molar-refractivity contribution in [2.45, 2.75) is 59.2 Å². The van der Waals surface area contributed by atoms with Crippen LogP contribution in [0.5, 0.6) is 0 Å². The number of esters is 1. The molecule has 0 saturated carbocycles. The molecule has 1 aromatic carbocycles. The van der Waals surface area contributed by atoms with E-state index in [-0.39, 0.29) is 31.1 Å². The van der Waals surface area contributed by atoms with Gasteiger partial charge in [0.25, 0.3) is 0 Å². The molecule has 3 rings (SSSR count). The average Bonchev–Trinajstić information content (AvgIpc) is 2.65. The Kier molecular flexibility index (Phi) is 5.74. The fraction of sp³-hybridized carbons (Fsp3) is 0.458. The van der Waals surface area contributed by atoms with Gasteiger partial charge in [0.05, 0.1) is 6.61 Å². The van der Waals surface area contributed by atoms with Crippen molar-refractivity contribution in [2.75, 3.05) is 6.61 Å². The number of allylic oxidation sites excluding steroid dienone is 2. The summed E-state index contributed by atoms with van der Waals surface area (Å²) >= 11 is 0. The lowest BCUT2D eigenvalue weighted by atomic mass is 9.66. The Morgan fingerprint density at radius 2 is 1.83 bits per heavy atom. The average molecular weight is 411 g/mol. The number of likely N-dealkylation sites (tertiary alicyclic amines) is 1. The molecule has 0 bridgehead atoms. The predicted octanol–water partition coefficient (Wildman–Crippen LogP) is 2.95. The molecule has 2 unspecified atom stereocenters. The van der Waals surface area contributed by atoms with Gasteiger partial charge in [0, 0.05) is 23.8 Å². The van der Waals surface area contributed by atoms with Crippen LogP contribution in [-0.2, 0) is 25.5 Å². The van der Waals surface area contributed by atoms with Crippen LogP contribution < -0.4 is 0 Å². The number of aliphatic hydroxyl groups is 1. The highest BCUT2D eigenvalue weighted by molar-refractivity contribution is 6.10. The second-order valence-electron chi connectivity index (χ2n) is 8.66. The summed E-state index contributed by atoms with van der Waals surface area (Å²) in [4.78, 5) is 40.2. The summed E-state index contributed by atoms with van der Waals surface area (Å²) in [6, 6.07) is 8.28. The summed E-state index contributed by atoms with van der Waals surface area (Å²) in [5.74, 6) is -1.10. The number of ether oxygens (including phenoxy) is 1. The number of fused-ring (bicyclic) bond motifs is 1. The second kappa shape index (κ2) is 7.84. The first-order valence-corrected chi connectivity index (χ1v) is 10.2. The van der Waals surface area contributed by atoms with Crippen LogP contribution in [0.1, 0.15) is 46.6 Å². The van der Waals surface area contributed by atoms with Crippen molar-refractivity contribution >= 4 is 17.7 Å². The van der Waals surface area contributed by atoms with Crippen LogP contribution in [0.15, 0.2) is 53.1 Å². The molecule has 1 amide bonds. The molecule has 1 N–H and O–H groups in total. The highest BCUT2D eigenvalue weighted by Gasteiger charge is 2.57. The number of rotatable bonds is 5. The third kappa shape index (κ3) is 3.60. The van der Waals surface area contributed by atoms with E-state index in [4.69, 9.17) is 4.74 Å². The third-order valence-corrected chi connectivity index (χ3v) is 5.91. The Morgan fingerprint density at radius 3 is 2.43 bits per heavy atom. The van der Waals surface area contributed by atoms with Crippen LogP contribution in [-0.4, -0.2) is 46.0 Å². The standard InChI is InChI=1S/C24H29NO5/c1-6-30-22(28)18(12-17-10-8-7-9-11-17)25-19(26)14-23(4,5)21-16(3)20(27)15(2)13-24(21,25)29/h7-11,13,18,29H,6,12,14H2,1-5H3. The zero-order valence-corrected chi connectivity index (χ0v) is 18.2. The summed E-state index contributed by atoms with van der Waals surface area (Å²) in [5.41, 5.74) is -0.531. The number of Topliss-reactive ketones (excluding diaryl/α,β-unsaturated/α-hetero) is 1. The summed E-state index contributed by atoms with van der Waals surface area (Å²) in [7, 11) is 0. The number of hydrogen-bond donors (Lipinski definition) is 1. The normalized spacial score (nSPS) is 24.3. The van der Waals surface area contributed by atoms with E-state index in [9.17, 15) is 19.5 Å². The van der Waals surface area contributed by atoms with Gasteiger partial charge in [-0.3, -0.25) is 14.5 Å². The van der Waals surface area contributed by atoms with Crippen LogP contribution >= 0.6 is 0 Å². The van der Waals surface area contributed by atoms with E-state index >= 15 is 0 Å². The third-order valence-electron chi connectivity index (χ3n) is 5.91. The molecule has 160 valence electrons. The molecule has 0 aromatic heterocycles. The minimum Gasteiger partial charge on any atom is -0.464 e. The van der Waals surface area contributed by atoms with Crippen LogP contribution in [0.2, 0.25) is 0 Å². The summed E-state index contributed by atoms with van der Waals surface area (Å²) in [5, 5.41) is 11.9. The van der Waals surface area contributed by atoms with E-state index in [1.165, 1.54) is 11.0 Å². The largest absolute Gasteiger partial charge is 0.464 e. The molecule has 0 spiro atoms. The van der Waals surface area contributed by atoms with Gasteiger partial charge in [-0.25, -0.2) is 4.79 Å². The van der Waals surface area contributed by atoms with Crippen molar-refractivity contribution in [3.8, 4) is 0 Å². The molecule has 1 aliphatic carbocycles. The fourth-order valence-electron chi connectivity index (χ4n) is 4.83. The number of piperidine rings is 1. The molecular formula is C24H29NO5. The predicted molar refractivity (Wildman–Crippen MR) is 112 cm³/mol. The molecule has 1 heterocycles. The molecule has 6 heteroatoms. The van der Waals surface area contributed by atoms with Crippen LogP contribution in [0, 0.1) is 5.41 Å². The first kappa shape index (κ1) is 22.0. The first-order valence-electron chi connectivity index (χ1n) is 10.2. The molecule has 6 nitrogen and oxygen atoms in total. The minimum atomic E-state index is -1.87. The van der Waals surface area contributed by atoms with Gasteiger partial charge < -0.3 is 9.84 Å². The lowest BCUT2D eigenvalue weighted by molar-refractivity contribution is -0.176. The van der Waals surface area contributed by atoms with Gasteiger partial charge in [-0.15, -0.1) is 0 Å². The van der Waals surface area contributed by atoms with E-state index in [1.54, 1.807) is 20.8 Å². The maximum absolute atomic E-state index is 13.3. The Morgan fingerprint density at radius 1 is 1.20 bits per heavy atom. The molecule has 1 saturated heterocycles. The number of benzene rings is 1. The van der Waals surface area contributed by atoms with Crippen molar-refractivity contribution in [1.29, 1.82) is 0 Å². The molecule has 1 aromatic rings. The quantitative estimate of drug-likeness (QED) is 0.753. The first-order chi connectivity index (χ1) is 14.0. The van der Waals surface area contributed by atoms with E-state index in [0.717, 1.165) is 5.56 Å². The van der Waals surface area contributed by atoms with Gasteiger partial charge in [-0.05, 0) is 43.6 Å². The molecule has 0 radical (unpaired) electrons. The summed E-state index contributed by atoms with van der Waals surface area (Å²) in [6.07, 6.45) is 1.68. The molecule has 1 fully saturated rings. The molecule has 2 aliphatic rings. The summed E-state index contributed by atoms with van der Waals surface area (Å²) < 4.78 is 5.28. The van der Waals surface area contributed by atoms with Gasteiger partial charge in [0.1, 0.15) is 6.04 Å². The number of carbonyl (C=O) groups is 3. The molecule has 2 atom stereocenters. The van der Waals surface area contributed by atoms with Gasteiger partial charge in [0.2, 0.25) is 5.91 Å². The van der Waals surface area contributed by atoms with Crippen molar-refractivity contribution in [2.24, 2.45) is 5.41 Å². The number of amides is 1. The number of nitrogens with zero attached hydrogens (tertiary/aromatic N) is 1. The molecule has 30 heavy (non-hydrogen) atoms. The van der Waals surface area contributed by atoms with Crippen LogP contribution in [0.4, 0.5) is 0 Å². The van der Waals surface area contributed by atoms with Gasteiger partial charge in [0.15, 0.2) is 11.5 Å². The summed E-state index contributed by atoms with van der Waals surface area (Å²) in [6.45, 7) is 8.82. The molecular weight excluding hydrogens is 382 g/mol. The maximum Gasteiger partial charge on any atom is 0.329 e. The second-order valence-corrected chi connectivity index (χ2v) is 8.66. The highest BCUT2D eigenvalue weighted by Crippen LogP contribution is 2.50. The smallest absolute Gasteiger partial charge is 0.329 e. The maximum atomic E-state index is 13.3. The van der Waals surface area contributed by atoms with E-state index in [1.807, 2.05) is 44.2 Å². The van der Waals surface area contributed by atoms with Gasteiger partial charge >= 0.3 is 5.97 Å². The topological polar surface area (TPSA) is 83.9 Å². The number of carbonyl (C=O) groups excluding carboxylic acids is 3. The van der Waals surface area contributed by atoms with E-state index in [2.05, 4.69) is 0 Å². The highest BCUT2D eigenvalue weighted by atomic mass is 16.5. The number of hydrogen-bond acceptors (Lipinski definition) is 5. The Bertz CT molecular complexity index is 944. The Hall–Kier alpha value is -2.73. The monoisotopic (exact) mass is 411 g/mol. The Balaban J connectivity index is 2.18. The van der Waals surface area contributed by atoms with Crippen LogP contribution in [0.25, 0.3) is 0 Å². The van der Waals surface area contributed by atoms with Crippen LogP contribution in [0.3, 0.4) is 0 Å². The van der Waals surface area contributed by atoms with Crippen molar-refractivity contribution < 1.29 is 24.2 Å². The van der Waals surface area contributed by atoms with E-state index < -0.39 is 23.2 Å². The van der Waals surface area contributed by atoms with Gasteiger partial charge in [-0.1, -0.05) is 44.2 Å². The zero-order valence-electron chi connectivity index (χ0n) is 18.2. The SMILES string of the molecule is CCOC(=O)C(Cc1ccccc1)N1C(=O)CC(C)(C)C2=C(C)C(=O)C(C)=CC21O. The van der Waals surface area contributed by atoms with Gasteiger partial charge in [-0.2, -0.15) is 0 Å². The number of ketones is 1. The lowest BCUT2D eigenvalue weighted by Crippen LogP contribution is -2.66. The zero-order chi connectivity index (χ0) is 22.3. The van der Waals surface area contributed by atoms with Crippen molar-refractivity contribution in [3.63, 3.8) is 0 Å². The Labute approximate surface area is 177 Å². The lowest BCUT2D eigenvalue weighted by Gasteiger charge is -2.53.